The van der Waals surface area contributed by atoms with Crippen LogP contribution in [0.4, 0.5) is 0 Å². The van der Waals surface area contributed by atoms with Gasteiger partial charge in [0, 0.05) is 18.6 Å². The number of fused-ring (bicyclic) bond motifs is 2. The summed E-state index contributed by atoms with van der Waals surface area (Å²) >= 11 is 0. The molecule has 4 nitrogen and oxygen atoms in total. The van der Waals surface area contributed by atoms with Gasteiger partial charge < -0.3 is 10.2 Å². The second-order valence-corrected chi connectivity index (χ2v) is 6.82. The maximum atomic E-state index is 11.2. The third-order valence-corrected chi connectivity index (χ3v) is 5.51. The van der Waals surface area contributed by atoms with Crippen molar-refractivity contribution in [3.63, 3.8) is 0 Å². The minimum Gasteiger partial charge on any atom is -0.481 e. The van der Waals surface area contributed by atoms with E-state index >= 15 is 0 Å². The molecule has 4 heteroatoms. The Bertz CT molecular complexity index is 531. The monoisotopic (exact) mass is 303 g/mol. The third kappa shape index (κ3) is 2.90. The smallest absolute Gasteiger partial charge is 0.310 e. The van der Waals surface area contributed by atoms with Crippen molar-refractivity contribution in [1.82, 2.24) is 4.90 Å². The SMILES string of the molecule is Cc1ccccc1C1CC2CCC(C1)N2CC(CO)C(=O)O. The fraction of sp³-hybridized carbons (Fsp3) is 0.611. The average Bonchev–Trinajstić information content (AvgIpc) is 2.73. The standard InChI is InChI=1S/C18H25NO3/c1-12-4-2-3-5-17(12)13-8-15-6-7-16(9-13)19(15)10-14(11-20)18(21)22/h2-5,13-16,20H,6-11H2,1H3,(H,21,22). The Balaban J connectivity index is 1.72. The largest absolute Gasteiger partial charge is 0.481 e. The number of aliphatic carboxylic acids is 1. The zero-order valence-corrected chi connectivity index (χ0v) is 13.1. The number of carboxylic acids is 1. The molecule has 0 saturated carbocycles. The predicted octanol–water partition coefficient (Wildman–Crippen LogP) is 2.40. The zero-order valence-electron chi connectivity index (χ0n) is 13.1. The summed E-state index contributed by atoms with van der Waals surface area (Å²) in [6, 6.07) is 9.55. The van der Waals surface area contributed by atoms with Crippen LogP contribution in [0, 0.1) is 12.8 Å². The van der Waals surface area contributed by atoms with E-state index in [9.17, 15) is 15.0 Å². The van der Waals surface area contributed by atoms with Crippen molar-refractivity contribution in [3.8, 4) is 0 Å². The van der Waals surface area contributed by atoms with E-state index in [0.717, 1.165) is 25.7 Å². The van der Waals surface area contributed by atoms with Crippen LogP contribution < -0.4 is 0 Å². The molecule has 3 unspecified atom stereocenters. The summed E-state index contributed by atoms with van der Waals surface area (Å²) in [7, 11) is 0. The number of aliphatic hydroxyl groups is 1. The Labute approximate surface area is 131 Å². The molecule has 2 heterocycles. The number of rotatable bonds is 5. The molecule has 2 saturated heterocycles. The molecule has 2 aliphatic heterocycles. The second-order valence-electron chi connectivity index (χ2n) is 6.82. The van der Waals surface area contributed by atoms with Gasteiger partial charge in [0.2, 0.25) is 0 Å². The quantitative estimate of drug-likeness (QED) is 0.877. The van der Waals surface area contributed by atoms with Gasteiger partial charge in [-0.05, 0) is 49.7 Å². The predicted molar refractivity (Wildman–Crippen MR) is 84.9 cm³/mol. The van der Waals surface area contributed by atoms with Crippen molar-refractivity contribution in [2.45, 2.75) is 50.6 Å². The summed E-state index contributed by atoms with van der Waals surface area (Å²) in [6.45, 7) is 2.39. The van der Waals surface area contributed by atoms with Gasteiger partial charge in [0.25, 0.3) is 0 Å². The molecule has 3 rings (SSSR count). The molecule has 0 spiro atoms. The van der Waals surface area contributed by atoms with E-state index in [-0.39, 0.29) is 6.61 Å². The molecule has 1 aromatic carbocycles. The van der Waals surface area contributed by atoms with E-state index < -0.39 is 11.9 Å². The van der Waals surface area contributed by atoms with Gasteiger partial charge in [-0.3, -0.25) is 9.69 Å². The van der Waals surface area contributed by atoms with Gasteiger partial charge in [-0.25, -0.2) is 0 Å². The molecule has 2 N–H and O–H groups in total. The maximum Gasteiger partial charge on any atom is 0.310 e. The topological polar surface area (TPSA) is 60.8 Å². The van der Waals surface area contributed by atoms with Gasteiger partial charge in [0.05, 0.1) is 12.5 Å². The number of piperidine rings is 1. The van der Waals surface area contributed by atoms with Crippen molar-refractivity contribution in [2.24, 2.45) is 5.92 Å². The number of aryl methyl sites for hydroxylation is 1. The highest BCUT2D eigenvalue weighted by Gasteiger charge is 2.42. The van der Waals surface area contributed by atoms with Crippen molar-refractivity contribution >= 4 is 5.97 Å². The molecule has 2 aliphatic rings. The van der Waals surface area contributed by atoms with E-state index in [1.165, 1.54) is 11.1 Å². The Kier molecular flexibility index (Phi) is 4.50. The summed E-state index contributed by atoms with van der Waals surface area (Å²) in [5.41, 5.74) is 2.81. The molecular weight excluding hydrogens is 278 g/mol. The lowest BCUT2D eigenvalue weighted by Gasteiger charge is -2.40. The first-order chi connectivity index (χ1) is 10.6. The van der Waals surface area contributed by atoms with Crippen LogP contribution in [0.1, 0.15) is 42.7 Å². The minimum atomic E-state index is -0.886. The third-order valence-electron chi connectivity index (χ3n) is 5.51. The molecule has 0 aromatic heterocycles. The summed E-state index contributed by atoms with van der Waals surface area (Å²) in [6.07, 6.45) is 4.54. The molecule has 0 radical (unpaired) electrons. The van der Waals surface area contributed by atoms with Gasteiger partial charge in [0.15, 0.2) is 0 Å². The van der Waals surface area contributed by atoms with Gasteiger partial charge in [-0.1, -0.05) is 24.3 Å². The highest BCUT2D eigenvalue weighted by Crippen LogP contribution is 2.43. The number of carbonyl (C=O) groups is 1. The molecule has 3 atom stereocenters. The Morgan fingerprint density at radius 2 is 1.91 bits per heavy atom. The Morgan fingerprint density at radius 3 is 2.45 bits per heavy atom. The number of aliphatic hydroxyl groups excluding tert-OH is 1. The van der Waals surface area contributed by atoms with Crippen LogP contribution in [0.15, 0.2) is 24.3 Å². The molecule has 1 aromatic rings. The van der Waals surface area contributed by atoms with Gasteiger partial charge in [0.1, 0.15) is 0 Å². The highest BCUT2D eigenvalue weighted by atomic mass is 16.4. The number of carboxylic acid groups (broad SMARTS) is 1. The van der Waals surface area contributed by atoms with E-state index in [1.54, 1.807) is 0 Å². The van der Waals surface area contributed by atoms with Gasteiger partial charge in [-0.15, -0.1) is 0 Å². The Hall–Kier alpha value is -1.39. The van der Waals surface area contributed by atoms with Crippen LogP contribution in [0.5, 0.6) is 0 Å². The van der Waals surface area contributed by atoms with E-state index in [4.69, 9.17) is 0 Å². The summed E-state index contributed by atoms with van der Waals surface area (Å²) in [5, 5.41) is 18.5. The van der Waals surface area contributed by atoms with Crippen molar-refractivity contribution in [2.75, 3.05) is 13.2 Å². The lowest BCUT2D eigenvalue weighted by molar-refractivity contribution is -0.144. The normalized spacial score (nSPS) is 29.5. The number of benzene rings is 1. The first-order valence-corrected chi connectivity index (χ1v) is 8.25. The molecule has 22 heavy (non-hydrogen) atoms. The second kappa shape index (κ2) is 6.39. The van der Waals surface area contributed by atoms with Crippen LogP contribution in [-0.4, -0.2) is 46.3 Å². The van der Waals surface area contributed by atoms with Crippen LogP contribution in [0.3, 0.4) is 0 Å². The number of nitrogens with zero attached hydrogens (tertiary/aromatic N) is 1. The van der Waals surface area contributed by atoms with E-state index in [2.05, 4.69) is 36.1 Å². The van der Waals surface area contributed by atoms with E-state index in [1.807, 2.05) is 0 Å². The van der Waals surface area contributed by atoms with Crippen molar-refractivity contribution in [1.29, 1.82) is 0 Å². The first kappa shape index (κ1) is 15.5. The zero-order chi connectivity index (χ0) is 15.7. The van der Waals surface area contributed by atoms with Gasteiger partial charge >= 0.3 is 5.97 Å². The highest BCUT2D eigenvalue weighted by molar-refractivity contribution is 5.70. The molecule has 2 fully saturated rings. The van der Waals surface area contributed by atoms with Crippen LogP contribution in [-0.2, 0) is 4.79 Å². The fourth-order valence-electron chi connectivity index (χ4n) is 4.34. The van der Waals surface area contributed by atoms with Crippen LogP contribution >= 0.6 is 0 Å². The summed E-state index contributed by atoms with van der Waals surface area (Å²) in [4.78, 5) is 13.5. The Morgan fingerprint density at radius 1 is 1.27 bits per heavy atom. The summed E-state index contributed by atoms with van der Waals surface area (Å²) in [5.74, 6) is -0.951. The molecule has 0 aliphatic carbocycles. The van der Waals surface area contributed by atoms with E-state index in [0.29, 0.717) is 24.5 Å². The summed E-state index contributed by atoms with van der Waals surface area (Å²) < 4.78 is 0. The van der Waals surface area contributed by atoms with Crippen LogP contribution in [0.2, 0.25) is 0 Å². The number of hydrogen-bond donors (Lipinski definition) is 2. The first-order valence-electron chi connectivity index (χ1n) is 8.25. The number of hydrogen-bond acceptors (Lipinski definition) is 3. The van der Waals surface area contributed by atoms with Crippen LogP contribution in [0.25, 0.3) is 0 Å². The fourth-order valence-corrected chi connectivity index (χ4v) is 4.34. The van der Waals surface area contributed by atoms with Gasteiger partial charge in [-0.2, -0.15) is 0 Å². The lowest BCUT2D eigenvalue weighted by Crippen LogP contribution is -2.46. The molecule has 2 bridgehead atoms. The molecule has 0 amide bonds. The minimum absolute atomic E-state index is 0.271. The average molecular weight is 303 g/mol. The molecule has 120 valence electrons. The lowest BCUT2D eigenvalue weighted by atomic mass is 9.83. The van der Waals surface area contributed by atoms with Crippen molar-refractivity contribution < 1.29 is 15.0 Å². The molecular formula is C18H25NO3. The van der Waals surface area contributed by atoms with Crippen molar-refractivity contribution in [3.05, 3.63) is 35.4 Å². The maximum absolute atomic E-state index is 11.2.